The standard InChI is InChI=1S/C20H29N5O3S/c1-4-22-20(25(3)14-15-28-19-10-6-5-8-17(19)2)23-12-13-24-29(26,27)18-9-7-11-21-16-18/h5-11,16,24H,4,12-15H2,1-3H3,(H,22,23). The van der Waals surface area contributed by atoms with Crippen LogP contribution in [0.1, 0.15) is 12.5 Å². The van der Waals surface area contributed by atoms with Gasteiger partial charge in [0.05, 0.1) is 13.1 Å². The van der Waals surface area contributed by atoms with E-state index >= 15 is 0 Å². The number of rotatable bonds is 10. The van der Waals surface area contributed by atoms with Crippen molar-refractivity contribution in [1.82, 2.24) is 19.9 Å². The van der Waals surface area contributed by atoms with E-state index in [0.717, 1.165) is 11.3 Å². The van der Waals surface area contributed by atoms with E-state index in [4.69, 9.17) is 4.74 Å². The van der Waals surface area contributed by atoms with Crippen LogP contribution in [0.15, 0.2) is 58.7 Å². The zero-order valence-electron chi connectivity index (χ0n) is 17.1. The van der Waals surface area contributed by atoms with Gasteiger partial charge in [-0.15, -0.1) is 0 Å². The first-order valence-corrected chi connectivity index (χ1v) is 11.0. The molecule has 2 N–H and O–H groups in total. The molecule has 29 heavy (non-hydrogen) atoms. The summed E-state index contributed by atoms with van der Waals surface area (Å²) in [5.74, 6) is 1.56. The first-order valence-electron chi connectivity index (χ1n) is 9.51. The van der Waals surface area contributed by atoms with Gasteiger partial charge in [-0.25, -0.2) is 13.1 Å². The zero-order chi connectivity index (χ0) is 21.1. The van der Waals surface area contributed by atoms with Crippen LogP contribution in [0, 0.1) is 6.92 Å². The Labute approximate surface area is 173 Å². The Morgan fingerprint density at radius 2 is 2.03 bits per heavy atom. The summed E-state index contributed by atoms with van der Waals surface area (Å²) in [7, 11) is -1.66. The fraction of sp³-hybridized carbons (Fsp3) is 0.400. The van der Waals surface area contributed by atoms with Gasteiger partial charge in [0.25, 0.3) is 0 Å². The molecule has 9 heteroatoms. The second-order valence-electron chi connectivity index (χ2n) is 6.36. The Morgan fingerprint density at radius 3 is 2.72 bits per heavy atom. The van der Waals surface area contributed by atoms with Crippen LogP contribution in [0.2, 0.25) is 0 Å². The number of aliphatic imine (C=N–C) groups is 1. The number of sulfonamides is 1. The highest BCUT2D eigenvalue weighted by Crippen LogP contribution is 2.15. The van der Waals surface area contributed by atoms with Crippen molar-refractivity contribution in [3.8, 4) is 5.75 Å². The largest absolute Gasteiger partial charge is 0.491 e. The van der Waals surface area contributed by atoms with Crippen molar-refractivity contribution >= 4 is 16.0 Å². The first kappa shape index (κ1) is 22.6. The number of hydrogen-bond donors (Lipinski definition) is 2. The van der Waals surface area contributed by atoms with Crippen LogP contribution in [-0.2, 0) is 10.0 Å². The average molecular weight is 420 g/mol. The number of pyridine rings is 1. The normalized spacial score (nSPS) is 11.9. The van der Waals surface area contributed by atoms with Crippen LogP contribution in [0.5, 0.6) is 5.75 Å². The van der Waals surface area contributed by atoms with Crippen molar-refractivity contribution in [2.24, 2.45) is 4.99 Å². The molecular weight excluding hydrogens is 390 g/mol. The minimum Gasteiger partial charge on any atom is -0.491 e. The van der Waals surface area contributed by atoms with Crippen LogP contribution in [0.4, 0.5) is 0 Å². The third-order valence-corrected chi connectivity index (χ3v) is 5.53. The van der Waals surface area contributed by atoms with Gasteiger partial charge in [-0.3, -0.25) is 9.98 Å². The molecule has 0 aliphatic carbocycles. The lowest BCUT2D eigenvalue weighted by Gasteiger charge is -2.22. The number of para-hydroxylation sites is 1. The van der Waals surface area contributed by atoms with Gasteiger partial charge in [-0.05, 0) is 37.6 Å². The van der Waals surface area contributed by atoms with Gasteiger partial charge in [0.15, 0.2) is 5.96 Å². The minimum atomic E-state index is -3.58. The molecule has 0 unspecified atom stereocenters. The maximum absolute atomic E-state index is 12.2. The molecule has 0 fully saturated rings. The molecule has 0 saturated carbocycles. The van der Waals surface area contributed by atoms with E-state index in [1.807, 2.05) is 50.1 Å². The van der Waals surface area contributed by atoms with E-state index in [1.54, 1.807) is 6.07 Å². The van der Waals surface area contributed by atoms with E-state index < -0.39 is 10.0 Å². The van der Waals surface area contributed by atoms with Crippen LogP contribution in [0.3, 0.4) is 0 Å². The number of guanidine groups is 1. The molecule has 0 saturated heterocycles. The highest BCUT2D eigenvalue weighted by Gasteiger charge is 2.13. The van der Waals surface area contributed by atoms with Crippen LogP contribution in [0.25, 0.3) is 0 Å². The summed E-state index contributed by atoms with van der Waals surface area (Å²) in [6, 6.07) is 11.0. The molecule has 0 spiro atoms. The summed E-state index contributed by atoms with van der Waals surface area (Å²) in [5.41, 5.74) is 1.09. The number of likely N-dealkylation sites (N-methyl/N-ethyl adjacent to an activating group) is 1. The predicted molar refractivity (Wildman–Crippen MR) is 115 cm³/mol. The highest BCUT2D eigenvalue weighted by atomic mass is 32.2. The van der Waals surface area contributed by atoms with Crippen LogP contribution >= 0.6 is 0 Å². The van der Waals surface area contributed by atoms with Crippen molar-refractivity contribution in [2.45, 2.75) is 18.7 Å². The maximum Gasteiger partial charge on any atom is 0.242 e. The van der Waals surface area contributed by atoms with Gasteiger partial charge in [-0.1, -0.05) is 18.2 Å². The monoisotopic (exact) mass is 419 g/mol. The second kappa shape index (κ2) is 11.4. The van der Waals surface area contributed by atoms with Gasteiger partial charge < -0.3 is 15.0 Å². The van der Waals surface area contributed by atoms with E-state index in [1.165, 1.54) is 18.5 Å². The molecule has 0 aliphatic rings. The number of ether oxygens (including phenoxy) is 1. The molecule has 0 bridgehead atoms. The number of aryl methyl sites for hydroxylation is 1. The van der Waals surface area contributed by atoms with Crippen molar-refractivity contribution < 1.29 is 13.2 Å². The minimum absolute atomic E-state index is 0.140. The van der Waals surface area contributed by atoms with Crippen molar-refractivity contribution in [1.29, 1.82) is 0 Å². The lowest BCUT2D eigenvalue weighted by Crippen LogP contribution is -2.41. The molecule has 1 heterocycles. The average Bonchev–Trinajstić information content (AvgIpc) is 2.72. The topological polar surface area (TPSA) is 95.9 Å². The van der Waals surface area contributed by atoms with Gasteiger partial charge in [0.2, 0.25) is 10.0 Å². The van der Waals surface area contributed by atoms with E-state index in [9.17, 15) is 8.42 Å². The smallest absolute Gasteiger partial charge is 0.242 e. The number of nitrogens with zero attached hydrogens (tertiary/aromatic N) is 3. The SMILES string of the molecule is CCNC(=NCCNS(=O)(=O)c1cccnc1)N(C)CCOc1ccccc1C. The van der Waals surface area contributed by atoms with Gasteiger partial charge in [0, 0.05) is 32.5 Å². The van der Waals surface area contributed by atoms with Gasteiger partial charge in [0.1, 0.15) is 17.3 Å². The number of benzene rings is 1. The van der Waals surface area contributed by atoms with Crippen molar-refractivity contribution in [3.63, 3.8) is 0 Å². The summed E-state index contributed by atoms with van der Waals surface area (Å²) >= 11 is 0. The van der Waals surface area contributed by atoms with Gasteiger partial charge >= 0.3 is 0 Å². The molecular formula is C20H29N5O3S. The molecule has 158 valence electrons. The molecule has 0 amide bonds. The fourth-order valence-electron chi connectivity index (χ4n) is 2.52. The molecule has 1 aromatic carbocycles. The molecule has 0 atom stereocenters. The predicted octanol–water partition coefficient (Wildman–Crippen LogP) is 1.64. The van der Waals surface area contributed by atoms with Crippen LogP contribution < -0.4 is 14.8 Å². The highest BCUT2D eigenvalue weighted by molar-refractivity contribution is 7.89. The molecule has 2 aromatic rings. The van der Waals surface area contributed by atoms with E-state index in [0.29, 0.717) is 32.2 Å². The first-order chi connectivity index (χ1) is 13.9. The molecule has 0 radical (unpaired) electrons. The molecule has 1 aromatic heterocycles. The molecule has 0 aliphatic heterocycles. The second-order valence-corrected chi connectivity index (χ2v) is 8.12. The summed E-state index contributed by atoms with van der Waals surface area (Å²) in [6.07, 6.45) is 2.85. The number of hydrogen-bond acceptors (Lipinski definition) is 5. The quantitative estimate of drug-likeness (QED) is 0.345. The lowest BCUT2D eigenvalue weighted by atomic mass is 10.2. The number of nitrogens with one attached hydrogen (secondary N) is 2. The molecule has 2 rings (SSSR count). The lowest BCUT2D eigenvalue weighted by molar-refractivity contribution is 0.280. The maximum atomic E-state index is 12.2. The van der Waals surface area contributed by atoms with E-state index in [-0.39, 0.29) is 11.4 Å². The Morgan fingerprint density at radius 1 is 1.24 bits per heavy atom. The zero-order valence-corrected chi connectivity index (χ0v) is 17.9. The third kappa shape index (κ3) is 7.35. The summed E-state index contributed by atoms with van der Waals surface area (Å²) in [5, 5.41) is 3.20. The van der Waals surface area contributed by atoms with Crippen molar-refractivity contribution in [2.75, 3.05) is 39.8 Å². The summed E-state index contributed by atoms with van der Waals surface area (Å²) in [4.78, 5) is 10.4. The summed E-state index contributed by atoms with van der Waals surface area (Å²) in [6.45, 7) is 6.37. The Balaban J connectivity index is 1.84. The Bertz CT molecular complexity index is 888. The molecule has 8 nitrogen and oxygen atoms in total. The van der Waals surface area contributed by atoms with E-state index in [2.05, 4.69) is 20.0 Å². The van der Waals surface area contributed by atoms with Crippen LogP contribution in [-0.4, -0.2) is 64.1 Å². The van der Waals surface area contributed by atoms with Gasteiger partial charge in [-0.2, -0.15) is 0 Å². The Kier molecular flexibility index (Phi) is 8.88. The summed E-state index contributed by atoms with van der Waals surface area (Å²) < 4.78 is 32.8. The number of aromatic nitrogens is 1. The van der Waals surface area contributed by atoms with Crippen molar-refractivity contribution in [3.05, 3.63) is 54.4 Å². The fourth-order valence-corrected chi connectivity index (χ4v) is 3.50. The third-order valence-electron chi connectivity index (χ3n) is 4.08. The Hall–Kier alpha value is -2.65.